The molecule has 0 saturated heterocycles. The summed E-state index contributed by atoms with van der Waals surface area (Å²) in [6.45, 7) is 14.5. The van der Waals surface area contributed by atoms with Gasteiger partial charge in [-0.2, -0.15) is 0 Å². The van der Waals surface area contributed by atoms with Gasteiger partial charge in [-0.25, -0.2) is 0 Å². The van der Waals surface area contributed by atoms with E-state index in [4.69, 9.17) is 4.74 Å². The van der Waals surface area contributed by atoms with Crippen LogP contribution in [0.1, 0.15) is 113 Å². The Kier molecular flexibility index (Phi) is 6.59. The highest BCUT2D eigenvalue weighted by Gasteiger charge is 2.84. The molecule has 13 rings (SSSR count). The lowest BCUT2D eigenvalue weighted by Gasteiger charge is -2.77. The minimum atomic E-state index is -0.0787. The van der Waals surface area contributed by atoms with Crippen molar-refractivity contribution in [3.63, 3.8) is 0 Å². The molecule has 2 spiro atoms. The number of benzene rings is 6. The standard InChI is InChI=1S/C57H55NO/c1-53(2)25-26-54(3,4)48-32-40(21-24-44(48)53)58(39-20-22-42-41-11-7-8-12-43(41)55(5,6)47(42)31-39)38-18-15-35(16-19-38)36-17-23-46-50(29-36)59-49-14-10-9-13-45(49)57(46)51-28-34-27-37-30-52(57)56(37,51)33-34/h7-24,29,31-32,34,37,51-52H,25-28,30,33H2,1-6H3. The first kappa shape index (κ1) is 34.8. The molecule has 59 heavy (non-hydrogen) atoms. The Labute approximate surface area is 350 Å². The van der Waals surface area contributed by atoms with E-state index in [0.29, 0.717) is 5.41 Å². The molecule has 2 bridgehead atoms. The Bertz CT molecular complexity index is 2790. The maximum absolute atomic E-state index is 6.89. The van der Waals surface area contributed by atoms with Crippen molar-refractivity contribution < 1.29 is 4.74 Å². The number of ether oxygens (including phenoxy) is 1. The molecule has 6 aromatic rings. The summed E-state index contributed by atoms with van der Waals surface area (Å²) in [6.07, 6.45) is 8.16. The molecule has 0 radical (unpaired) electrons. The SMILES string of the molecule is CC1(C)CCC(C)(C)c2cc(N(c3ccc(-c4ccc5c(c4)Oc4ccccc4C54C5CC6CC7CC4C75C6)cc3)c3ccc4c(c3)C(C)(C)c3ccccc3-4)ccc21. The summed E-state index contributed by atoms with van der Waals surface area (Å²) in [5, 5.41) is 0. The molecule has 6 aromatic carbocycles. The van der Waals surface area contributed by atoms with Gasteiger partial charge in [-0.15, -0.1) is 0 Å². The highest BCUT2D eigenvalue weighted by molar-refractivity contribution is 5.86. The number of para-hydroxylation sites is 1. The fraction of sp³-hybridized carbons (Fsp3) is 0.368. The van der Waals surface area contributed by atoms with Crippen LogP contribution < -0.4 is 9.64 Å². The molecule has 0 amide bonds. The third-order valence-electron chi connectivity index (χ3n) is 17.9. The smallest absolute Gasteiger partial charge is 0.132 e. The zero-order chi connectivity index (χ0) is 39.8. The van der Waals surface area contributed by atoms with Gasteiger partial charge in [0.2, 0.25) is 0 Å². The van der Waals surface area contributed by atoms with Crippen molar-refractivity contribution >= 4 is 17.1 Å². The van der Waals surface area contributed by atoms with Crippen molar-refractivity contribution in [1.82, 2.24) is 0 Å². The maximum atomic E-state index is 6.89. The van der Waals surface area contributed by atoms with E-state index in [1.165, 1.54) is 111 Å². The second-order valence-electron chi connectivity index (χ2n) is 21.7. The Morgan fingerprint density at radius 3 is 1.90 bits per heavy atom. The number of hydrogen-bond acceptors (Lipinski definition) is 2. The van der Waals surface area contributed by atoms with Crippen molar-refractivity contribution in [2.75, 3.05) is 4.90 Å². The zero-order valence-electron chi connectivity index (χ0n) is 35.5. The molecule has 6 aliphatic carbocycles. The summed E-state index contributed by atoms with van der Waals surface area (Å²) in [4.78, 5) is 2.51. The molecule has 0 N–H and O–H groups in total. The number of nitrogens with zero attached hydrogens (tertiary/aromatic N) is 1. The first-order valence-electron chi connectivity index (χ1n) is 22.6. The average Bonchev–Trinajstić information content (AvgIpc) is 3.85. The molecule has 6 unspecified atom stereocenters. The normalized spacial score (nSPS) is 29.5. The lowest BCUT2D eigenvalue weighted by molar-refractivity contribution is -0.235. The second kappa shape index (κ2) is 11.2. The second-order valence-corrected chi connectivity index (χ2v) is 21.7. The van der Waals surface area contributed by atoms with Gasteiger partial charge in [0, 0.05) is 39.0 Å². The Hall–Kier alpha value is -5.08. The summed E-state index contributed by atoms with van der Waals surface area (Å²) in [5.41, 5.74) is 18.4. The topological polar surface area (TPSA) is 12.5 Å². The third kappa shape index (κ3) is 4.24. The molecule has 4 saturated carbocycles. The van der Waals surface area contributed by atoms with E-state index >= 15 is 0 Å². The molecule has 1 heterocycles. The minimum Gasteiger partial charge on any atom is -0.457 e. The van der Waals surface area contributed by atoms with Crippen LogP contribution in [0.25, 0.3) is 22.3 Å². The molecule has 6 atom stereocenters. The molecule has 294 valence electrons. The monoisotopic (exact) mass is 769 g/mol. The molecular weight excluding hydrogens is 715 g/mol. The van der Waals surface area contributed by atoms with Crippen molar-refractivity contribution in [1.29, 1.82) is 0 Å². The summed E-state index contributed by atoms with van der Waals surface area (Å²) < 4.78 is 6.89. The Morgan fingerprint density at radius 1 is 0.492 bits per heavy atom. The minimum absolute atomic E-state index is 0.0787. The van der Waals surface area contributed by atoms with Gasteiger partial charge in [0.05, 0.1) is 0 Å². The predicted molar refractivity (Wildman–Crippen MR) is 242 cm³/mol. The van der Waals surface area contributed by atoms with Crippen LogP contribution in [0.15, 0.2) is 127 Å². The lowest BCUT2D eigenvalue weighted by atomic mass is 9.26. The van der Waals surface area contributed by atoms with Crippen LogP contribution in [-0.2, 0) is 21.7 Å². The van der Waals surface area contributed by atoms with Gasteiger partial charge in [-0.05, 0) is 171 Å². The Balaban J connectivity index is 0.911. The molecule has 2 nitrogen and oxygen atoms in total. The summed E-state index contributed by atoms with van der Waals surface area (Å²) in [6, 6.07) is 49.1. The largest absolute Gasteiger partial charge is 0.457 e. The molecule has 0 aromatic heterocycles. The summed E-state index contributed by atoms with van der Waals surface area (Å²) >= 11 is 0. The fourth-order valence-corrected chi connectivity index (χ4v) is 15.1. The van der Waals surface area contributed by atoms with E-state index in [1.54, 1.807) is 0 Å². The van der Waals surface area contributed by atoms with E-state index in [-0.39, 0.29) is 21.7 Å². The maximum Gasteiger partial charge on any atom is 0.132 e. The number of rotatable bonds is 4. The van der Waals surface area contributed by atoms with Crippen molar-refractivity contribution in [3.8, 4) is 33.8 Å². The van der Waals surface area contributed by atoms with E-state index in [0.717, 1.165) is 35.2 Å². The van der Waals surface area contributed by atoms with Gasteiger partial charge >= 0.3 is 0 Å². The highest BCUT2D eigenvalue weighted by atomic mass is 16.5. The van der Waals surface area contributed by atoms with Gasteiger partial charge < -0.3 is 9.64 Å². The van der Waals surface area contributed by atoms with Gasteiger partial charge in [-0.1, -0.05) is 120 Å². The summed E-state index contributed by atoms with van der Waals surface area (Å²) in [7, 11) is 0. The van der Waals surface area contributed by atoms with Gasteiger partial charge in [0.25, 0.3) is 0 Å². The number of hydrogen-bond donors (Lipinski definition) is 0. The van der Waals surface area contributed by atoms with Crippen molar-refractivity contribution in [2.24, 2.45) is 29.1 Å². The van der Waals surface area contributed by atoms with E-state index in [9.17, 15) is 0 Å². The summed E-state index contributed by atoms with van der Waals surface area (Å²) in [5.74, 6) is 5.59. The lowest BCUT2D eigenvalue weighted by Crippen LogP contribution is -2.74. The molecular formula is C57H55NO. The molecule has 7 aliphatic rings. The van der Waals surface area contributed by atoms with E-state index in [1.807, 2.05) is 0 Å². The Morgan fingerprint density at radius 2 is 1.10 bits per heavy atom. The number of fused-ring (bicyclic) bond motifs is 11. The average molecular weight is 770 g/mol. The van der Waals surface area contributed by atoms with Crippen molar-refractivity contribution in [3.05, 3.63) is 161 Å². The van der Waals surface area contributed by atoms with Gasteiger partial charge in [-0.3, -0.25) is 0 Å². The first-order chi connectivity index (χ1) is 28.4. The van der Waals surface area contributed by atoms with Gasteiger partial charge in [0.1, 0.15) is 11.5 Å². The van der Waals surface area contributed by atoms with Crippen LogP contribution in [0.3, 0.4) is 0 Å². The molecule has 1 aliphatic heterocycles. The van der Waals surface area contributed by atoms with Crippen LogP contribution >= 0.6 is 0 Å². The first-order valence-corrected chi connectivity index (χ1v) is 22.6. The molecule has 2 heteroatoms. The fourth-order valence-electron chi connectivity index (χ4n) is 15.1. The third-order valence-corrected chi connectivity index (χ3v) is 17.9. The quantitative estimate of drug-likeness (QED) is 0.177. The molecule has 4 fully saturated rings. The van der Waals surface area contributed by atoms with Crippen LogP contribution in [0, 0.1) is 29.1 Å². The van der Waals surface area contributed by atoms with Crippen LogP contribution in [0.2, 0.25) is 0 Å². The van der Waals surface area contributed by atoms with Crippen molar-refractivity contribution in [2.45, 2.75) is 102 Å². The van der Waals surface area contributed by atoms with E-state index < -0.39 is 0 Å². The van der Waals surface area contributed by atoms with E-state index in [2.05, 4.69) is 174 Å². The van der Waals surface area contributed by atoms with Gasteiger partial charge in [0.15, 0.2) is 0 Å². The van der Waals surface area contributed by atoms with Crippen LogP contribution in [0.4, 0.5) is 17.1 Å². The highest BCUT2D eigenvalue weighted by Crippen LogP contribution is 2.89. The van der Waals surface area contributed by atoms with Crippen LogP contribution in [-0.4, -0.2) is 0 Å². The number of anilines is 3. The van der Waals surface area contributed by atoms with Crippen LogP contribution in [0.5, 0.6) is 11.5 Å². The zero-order valence-corrected chi connectivity index (χ0v) is 35.5. The predicted octanol–water partition coefficient (Wildman–Crippen LogP) is 14.9.